The molecule has 0 bridgehead atoms. The van der Waals surface area contributed by atoms with Crippen molar-refractivity contribution >= 4 is 37.2 Å². The van der Waals surface area contributed by atoms with Crippen LogP contribution in [0.3, 0.4) is 0 Å². The quantitative estimate of drug-likeness (QED) is 0.0845. The van der Waals surface area contributed by atoms with Crippen molar-refractivity contribution in [3.8, 4) is 44.9 Å². The minimum atomic E-state index is -0.865. The first-order valence-electron chi connectivity index (χ1n) is 17.3. The fourth-order valence-corrected chi connectivity index (χ4v) is 7.21. The SMILES string of the molecule is CCC(S)C(=O)Oc1cc(C2(c3ccc(-c4ccccc4)c(OC(=O)C(S)CC)c3)c3ccccc3-c3ccccc32)ccc1-c1ccccc1. The summed E-state index contributed by atoms with van der Waals surface area (Å²) in [5.74, 6) is 0.0851. The first-order chi connectivity index (χ1) is 24.9. The maximum atomic E-state index is 13.4. The zero-order valence-corrected chi connectivity index (χ0v) is 30.2. The van der Waals surface area contributed by atoms with E-state index >= 15 is 0 Å². The normalized spacial score (nSPS) is 13.8. The van der Waals surface area contributed by atoms with Crippen molar-refractivity contribution in [1.82, 2.24) is 0 Å². The van der Waals surface area contributed by atoms with Gasteiger partial charge < -0.3 is 9.47 Å². The van der Waals surface area contributed by atoms with E-state index in [1.807, 2.05) is 98.8 Å². The maximum Gasteiger partial charge on any atom is 0.324 e. The third-order valence-corrected chi connectivity index (χ3v) is 10.8. The van der Waals surface area contributed by atoms with Gasteiger partial charge in [-0.3, -0.25) is 9.59 Å². The van der Waals surface area contributed by atoms with E-state index in [-0.39, 0.29) is 0 Å². The van der Waals surface area contributed by atoms with Crippen molar-refractivity contribution in [3.63, 3.8) is 0 Å². The molecule has 0 saturated heterocycles. The highest BCUT2D eigenvalue weighted by Gasteiger charge is 2.46. The monoisotopic (exact) mass is 706 g/mol. The Morgan fingerprint density at radius 2 is 0.882 bits per heavy atom. The van der Waals surface area contributed by atoms with E-state index in [4.69, 9.17) is 9.47 Å². The maximum absolute atomic E-state index is 13.4. The second kappa shape index (κ2) is 14.7. The molecule has 6 aromatic rings. The van der Waals surface area contributed by atoms with Gasteiger partial charge in [0.05, 0.1) is 15.9 Å². The van der Waals surface area contributed by atoms with Crippen molar-refractivity contribution in [1.29, 1.82) is 0 Å². The van der Waals surface area contributed by atoms with Crippen LogP contribution >= 0.6 is 25.3 Å². The predicted octanol–water partition coefficient (Wildman–Crippen LogP) is 10.6. The van der Waals surface area contributed by atoms with Gasteiger partial charge in [-0.15, -0.1) is 0 Å². The summed E-state index contributed by atoms with van der Waals surface area (Å²) in [7, 11) is 0. The van der Waals surface area contributed by atoms with Gasteiger partial charge in [0.15, 0.2) is 0 Å². The second-order valence-electron chi connectivity index (χ2n) is 12.7. The number of rotatable bonds is 10. The number of esters is 2. The van der Waals surface area contributed by atoms with Crippen molar-refractivity contribution < 1.29 is 19.1 Å². The van der Waals surface area contributed by atoms with Gasteiger partial charge in [-0.2, -0.15) is 25.3 Å². The van der Waals surface area contributed by atoms with Gasteiger partial charge in [0.25, 0.3) is 0 Å². The van der Waals surface area contributed by atoms with Gasteiger partial charge in [0.2, 0.25) is 0 Å². The van der Waals surface area contributed by atoms with Gasteiger partial charge in [-0.05, 0) is 69.5 Å². The minimum absolute atomic E-state index is 0.407. The van der Waals surface area contributed by atoms with E-state index in [1.54, 1.807) is 0 Å². The molecule has 0 aliphatic heterocycles. The lowest BCUT2D eigenvalue weighted by Gasteiger charge is -2.35. The molecule has 0 amide bonds. The lowest BCUT2D eigenvalue weighted by Crippen LogP contribution is -2.29. The summed E-state index contributed by atoms with van der Waals surface area (Å²) in [5, 5.41) is -1.14. The third kappa shape index (κ3) is 6.28. The fraction of sp³-hybridized carbons (Fsp3) is 0.156. The second-order valence-corrected chi connectivity index (χ2v) is 13.9. The summed E-state index contributed by atoms with van der Waals surface area (Å²) in [6.45, 7) is 3.82. The Kier molecular flexibility index (Phi) is 9.90. The summed E-state index contributed by atoms with van der Waals surface area (Å²) >= 11 is 9.03. The summed E-state index contributed by atoms with van der Waals surface area (Å²) in [6, 6.07) is 49.0. The van der Waals surface area contributed by atoms with E-state index in [2.05, 4.69) is 85.9 Å². The molecule has 0 aromatic heterocycles. The Morgan fingerprint density at radius 1 is 0.510 bits per heavy atom. The van der Waals surface area contributed by atoms with Crippen LogP contribution in [0.1, 0.15) is 48.9 Å². The molecule has 0 N–H and O–H groups in total. The highest BCUT2D eigenvalue weighted by atomic mass is 32.1. The fourth-order valence-electron chi connectivity index (χ4n) is 7.10. The largest absolute Gasteiger partial charge is 0.425 e. The Bertz CT molecular complexity index is 2060. The summed E-state index contributed by atoms with van der Waals surface area (Å²) < 4.78 is 12.4. The summed E-state index contributed by atoms with van der Waals surface area (Å²) in [5.41, 5.74) is 8.75. The van der Waals surface area contributed by atoms with Gasteiger partial charge >= 0.3 is 11.9 Å². The molecule has 0 fully saturated rings. The number of hydrogen-bond acceptors (Lipinski definition) is 6. The van der Waals surface area contributed by atoms with Crippen LogP contribution in [0.2, 0.25) is 0 Å². The van der Waals surface area contributed by atoms with Gasteiger partial charge in [-0.25, -0.2) is 0 Å². The average Bonchev–Trinajstić information content (AvgIpc) is 3.49. The molecule has 0 heterocycles. The lowest BCUT2D eigenvalue weighted by atomic mass is 9.67. The molecule has 51 heavy (non-hydrogen) atoms. The van der Waals surface area contributed by atoms with Crippen molar-refractivity contribution in [2.24, 2.45) is 0 Å². The number of ether oxygens (including phenoxy) is 2. The topological polar surface area (TPSA) is 52.6 Å². The van der Waals surface area contributed by atoms with Crippen molar-refractivity contribution in [2.45, 2.75) is 42.6 Å². The van der Waals surface area contributed by atoms with Crippen LogP contribution in [0.4, 0.5) is 0 Å². The van der Waals surface area contributed by atoms with Crippen LogP contribution in [0.5, 0.6) is 11.5 Å². The molecule has 254 valence electrons. The van der Waals surface area contributed by atoms with Crippen LogP contribution in [0, 0.1) is 0 Å². The Hall–Kier alpha value is -5.04. The van der Waals surface area contributed by atoms with Crippen molar-refractivity contribution in [2.75, 3.05) is 0 Å². The van der Waals surface area contributed by atoms with Crippen LogP contribution in [-0.2, 0) is 15.0 Å². The lowest BCUT2D eigenvalue weighted by molar-refractivity contribution is -0.134. The summed E-state index contributed by atoms with van der Waals surface area (Å²) in [4.78, 5) is 26.7. The number of hydrogen-bond donors (Lipinski definition) is 2. The van der Waals surface area contributed by atoms with Gasteiger partial charge in [0, 0.05) is 11.1 Å². The van der Waals surface area contributed by atoms with Gasteiger partial charge in [0.1, 0.15) is 11.5 Å². The van der Waals surface area contributed by atoms with Gasteiger partial charge in [-0.1, -0.05) is 147 Å². The number of benzene rings is 6. The molecule has 6 heteroatoms. The standard InChI is InChI=1S/C45H38O4S2/c1-3-41(50)43(46)48-39-27-31(23-25-33(39)29-15-7-5-8-16-29)45(37-21-13-11-19-35(37)36-20-12-14-22-38(36)45)32-24-26-34(30-17-9-6-10-18-30)40(28-32)49-44(47)42(51)4-2/h5-28,41-42,50-51H,3-4H2,1-2H3. The van der Waals surface area contributed by atoms with Crippen LogP contribution in [-0.4, -0.2) is 22.4 Å². The zero-order chi connectivity index (χ0) is 35.5. The minimum Gasteiger partial charge on any atom is -0.425 e. The molecule has 0 radical (unpaired) electrons. The molecule has 6 aromatic carbocycles. The third-order valence-electron chi connectivity index (χ3n) is 9.69. The summed E-state index contributed by atoms with van der Waals surface area (Å²) in [6.07, 6.45) is 1.07. The molecule has 1 aliphatic carbocycles. The van der Waals surface area contributed by atoms with Crippen LogP contribution < -0.4 is 9.47 Å². The van der Waals surface area contributed by atoms with Crippen LogP contribution in [0.25, 0.3) is 33.4 Å². The molecule has 0 spiro atoms. The molecule has 4 nitrogen and oxygen atoms in total. The zero-order valence-electron chi connectivity index (χ0n) is 28.5. The number of carbonyl (C=O) groups is 2. The number of thiol groups is 2. The van der Waals surface area contributed by atoms with E-state index in [0.717, 1.165) is 55.6 Å². The van der Waals surface area contributed by atoms with E-state index < -0.39 is 27.9 Å². The molecular weight excluding hydrogens is 669 g/mol. The highest BCUT2D eigenvalue weighted by molar-refractivity contribution is 7.82. The molecule has 2 atom stereocenters. The molecular formula is C45H38O4S2. The molecule has 2 unspecified atom stereocenters. The Morgan fingerprint density at radius 3 is 1.27 bits per heavy atom. The number of carbonyl (C=O) groups excluding carboxylic acids is 2. The predicted molar refractivity (Wildman–Crippen MR) is 212 cm³/mol. The highest BCUT2D eigenvalue weighted by Crippen LogP contribution is 2.57. The Balaban J connectivity index is 1.53. The van der Waals surface area contributed by atoms with E-state index in [1.165, 1.54) is 0 Å². The average molecular weight is 707 g/mol. The Labute approximate surface area is 310 Å². The number of fused-ring (bicyclic) bond motifs is 3. The van der Waals surface area contributed by atoms with Crippen LogP contribution in [0.15, 0.2) is 146 Å². The van der Waals surface area contributed by atoms with E-state index in [9.17, 15) is 9.59 Å². The van der Waals surface area contributed by atoms with Crippen molar-refractivity contribution in [3.05, 3.63) is 168 Å². The smallest absolute Gasteiger partial charge is 0.324 e. The molecule has 1 aliphatic rings. The van der Waals surface area contributed by atoms with E-state index in [0.29, 0.717) is 24.3 Å². The first-order valence-corrected chi connectivity index (χ1v) is 18.3. The molecule has 7 rings (SSSR count). The first kappa shape index (κ1) is 34.4. The molecule has 0 saturated carbocycles.